The average molecular weight is 511 g/mol. The van der Waals surface area contributed by atoms with Crippen LogP contribution >= 0.6 is 23.5 Å². The molecule has 1 aromatic heterocycles. The van der Waals surface area contributed by atoms with Crippen molar-refractivity contribution in [3.63, 3.8) is 0 Å². The SMILES string of the molecule is C#CC1(F)C(O)[C@@H](COP(=O)(O)OP(=O)(O)OP(=O)(O)O)O[C@H]1n1cnc(=O)[nH]c1=O. The molecule has 4 unspecified atom stereocenters. The molecule has 17 nitrogen and oxygen atoms in total. The van der Waals surface area contributed by atoms with E-state index in [1.807, 2.05) is 0 Å². The zero-order chi connectivity index (χ0) is 23.8. The third kappa shape index (κ3) is 6.24. The quantitative estimate of drug-likeness (QED) is 0.161. The van der Waals surface area contributed by atoms with E-state index in [1.165, 1.54) is 0 Å². The number of phosphoric ester groups is 1. The molecule has 174 valence electrons. The summed E-state index contributed by atoms with van der Waals surface area (Å²) in [6.45, 7) is -1.25. The predicted octanol–water partition coefficient (Wildman–Crippen LogP) is -2.13. The van der Waals surface area contributed by atoms with Crippen molar-refractivity contribution in [1.82, 2.24) is 14.5 Å². The van der Waals surface area contributed by atoms with Gasteiger partial charge in [0.05, 0.1) is 6.61 Å². The molecule has 0 spiro atoms. The second-order valence-electron chi connectivity index (χ2n) is 5.66. The molecule has 1 fully saturated rings. The van der Waals surface area contributed by atoms with Crippen molar-refractivity contribution in [3.8, 4) is 12.3 Å². The topological polar surface area (TPSA) is 257 Å². The highest BCUT2D eigenvalue weighted by Crippen LogP contribution is 2.66. The minimum absolute atomic E-state index is 0.370. The van der Waals surface area contributed by atoms with E-state index in [0.29, 0.717) is 10.9 Å². The van der Waals surface area contributed by atoms with E-state index in [2.05, 4.69) is 18.1 Å². The summed E-state index contributed by atoms with van der Waals surface area (Å²) in [5, 5.41) is 10.1. The third-order valence-corrected chi connectivity index (χ3v) is 7.29. The van der Waals surface area contributed by atoms with Gasteiger partial charge in [0, 0.05) is 0 Å². The van der Waals surface area contributed by atoms with Crippen molar-refractivity contribution < 1.29 is 60.6 Å². The van der Waals surface area contributed by atoms with E-state index in [9.17, 15) is 33.3 Å². The number of aliphatic hydroxyl groups is 1. The third-order valence-electron chi connectivity index (χ3n) is 3.49. The molecule has 0 amide bonds. The van der Waals surface area contributed by atoms with Gasteiger partial charge in [-0.3, -0.25) is 14.1 Å². The second kappa shape index (κ2) is 8.75. The Hall–Kier alpha value is -1.57. The molecule has 0 radical (unpaired) electrons. The van der Waals surface area contributed by atoms with Crippen LogP contribution in [0.3, 0.4) is 0 Å². The number of nitrogens with one attached hydrogen (secondary N) is 1. The number of phosphoric acid groups is 3. The number of nitrogens with zero attached hydrogens (tertiary/aromatic N) is 2. The van der Waals surface area contributed by atoms with E-state index in [0.717, 1.165) is 0 Å². The molecular weight excluding hydrogens is 498 g/mol. The fourth-order valence-electron chi connectivity index (χ4n) is 2.30. The van der Waals surface area contributed by atoms with Gasteiger partial charge in [-0.25, -0.2) is 27.7 Å². The van der Waals surface area contributed by atoms with Crippen LogP contribution in [0.15, 0.2) is 15.9 Å². The maximum absolute atomic E-state index is 15.1. The highest BCUT2D eigenvalue weighted by atomic mass is 31.3. The van der Waals surface area contributed by atoms with Crippen LogP contribution in [0.1, 0.15) is 6.23 Å². The minimum Gasteiger partial charge on any atom is -0.386 e. The summed E-state index contributed by atoms with van der Waals surface area (Å²) in [7, 11) is -17.0. The van der Waals surface area contributed by atoms with Crippen LogP contribution < -0.4 is 11.4 Å². The molecule has 21 heteroatoms. The van der Waals surface area contributed by atoms with Gasteiger partial charge in [0.15, 0.2) is 6.23 Å². The molecule has 1 saturated heterocycles. The number of alkyl halides is 1. The first-order valence-electron chi connectivity index (χ1n) is 7.46. The number of rotatable bonds is 8. The first-order valence-corrected chi connectivity index (χ1v) is 12.0. The largest absolute Gasteiger partial charge is 0.490 e. The number of terminal acetylenes is 1. The Labute approximate surface area is 169 Å². The van der Waals surface area contributed by atoms with Gasteiger partial charge < -0.3 is 29.4 Å². The lowest BCUT2D eigenvalue weighted by molar-refractivity contribution is -0.0540. The maximum atomic E-state index is 15.1. The molecule has 31 heavy (non-hydrogen) atoms. The molecule has 6 N–H and O–H groups in total. The first kappa shape index (κ1) is 25.7. The number of halogens is 1. The van der Waals surface area contributed by atoms with Gasteiger partial charge in [0.1, 0.15) is 18.5 Å². The minimum atomic E-state index is -5.81. The van der Waals surface area contributed by atoms with E-state index < -0.39 is 65.6 Å². The summed E-state index contributed by atoms with van der Waals surface area (Å²) >= 11 is 0. The lowest BCUT2D eigenvalue weighted by Crippen LogP contribution is -2.45. The van der Waals surface area contributed by atoms with Crippen LogP contribution in [-0.4, -0.2) is 63.7 Å². The lowest BCUT2D eigenvalue weighted by Gasteiger charge is -2.23. The summed E-state index contributed by atoms with van der Waals surface area (Å²) in [5.74, 6) is 1.54. The van der Waals surface area contributed by atoms with Gasteiger partial charge in [-0.15, -0.1) is 6.42 Å². The fourth-order valence-corrected chi connectivity index (χ4v) is 5.33. The van der Waals surface area contributed by atoms with Crippen molar-refractivity contribution in [2.24, 2.45) is 0 Å². The number of ether oxygens (including phenoxy) is 1. The average Bonchev–Trinajstić information content (AvgIpc) is 2.82. The molecule has 0 aliphatic carbocycles. The molecule has 6 atom stereocenters. The summed E-state index contributed by atoms with van der Waals surface area (Å²) < 4.78 is 65.3. The van der Waals surface area contributed by atoms with Crippen molar-refractivity contribution in [1.29, 1.82) is 0 Å². The summed E-state index contributed by atoms with van der Waals surface area (Å²) in [5.41, 5.74) is -5.47. The number of hydrogen-bond donors (Lipinski definition) is 6. The summed E-state index contributed by atoms with van der Waals surface area (Å²) in [6, 6.07) is 0. The van der Waals surface area contributed by atoms with Gasteiger partial charge in [-0.05, 0) is 0 Å². The Balaban J connectivity index is 2.19. The van der Waals surface area contributed by atoms with Crippen LogP contribution in [0.25, 0.3) is 0 Å². The molecule has 0 aromatic carbocycles. The normalized spacial score (nSPS) is 30.3. The standard InChI is InChI=1S/C10H13FN3O14P3/c1-2-10(11)6(15)5(26-7(10)14-4-12-8(16)13-9(14)17)3-25-30(21,22)28-31(23,24)27-29(18,19)20/h1,4-7,15H,3H2,(H,21,22)(H,23,24)(H,13,16,17)(H2,18,19,20)/t5-,6?,7-,10?/m1/s1. The number of aromatic amines is 1. The summed E-state index contributed by atoms with van der Waals surface area (Å²) in [6.07, 6.45) is -0.703. The van der Waals surface area contributed by atoms with Gasteiger partial charge in [0.2, 0.25) is 5.67 Å². The number of aromatic nitrogens is 3. The first-order chi connectivity index (χ1) is 14.0. The molecule has 0 bridgehead atoms. The second-order valence-corrected chi connectivity index (χ2v) is 10.1. The zero-order valence-corrected chi connectivity index (χ0v) is 17.3. The van der Waals surface area contributed by atoms with E-state index in [4.69, 9.17) is 25.8 Å². The van der Waals surface area contributed by atoms with Crippen LogP contribution in [0, 0.1) is 12.3 Å². The maximum Gasteiger partial charge on any atom is 0.490 e. The molecule has 1 aliphatic heterocycles. The summed E-state index contributed by atoms with van der Waals surface area (Å²) in [4.78, 5) is 63.1. The molecule has 1 aromatic rings. The van der Waals surface area contributed by atoms with Crippen LogP contribution in [-0.2, 0) is 31.6 Å². The Morgan fingerprint density at radius 2 is 1.87 bits per heavy atom. The van der Waals surface area contributed by atoms with Gasteiger partial charge >= 0.3 is 34.8 Å². The molecule has 0 saturated carbocycles. The molecule has 2 heterocycles. The fraction of sp³-hybridized carbons (Fsp3) is 0.500. The highest BCUT2D eigenvalue weighted by Gasteiger charge is 2.58. The number of H-pyrrole nitrogens is 1. The smallest absolute Gasteiger partial charge is 0.386 e. The van der Waals surface area contributed by atoms with Crippen molar-refractivity contribution in [2.75, 3.05) is 6.61 Å². The van der Waals surface area contributed by atoms with Crippen LogP contribution in [0.2, 0.25) is 0 Å². The van der Waals surface area contributed by atoms with Crippen molar-refractivity contribution in [2.45, 2.75) is 24.1 Å². The zero-order valence-electron chi connectivity index (χ0n) is 14.6. The monoisotopic (exact) mass is 511 g/mol. The number of aliphatic hydroxyl groups excluding tert-OH is 1. The van der Waals surface area contributed by atoms with Gasteiger partial charge in [-0.1, -0.05) is 5.92 Å². The molecule has 1 aliphatic rings. The van der Waals surface area contributed by atoms with E-state index in [1.54, 1.807) is 10.9 Å². The van der Waals surface area contributed by atoms with Gasteiger partial charge in [0.25, 0.3) is 0 Å². The molecule has 2 rings (SSSR count). The Bertz CT molecular complexity index is 1140. The van der Waals surface area contributed by atoms with Crippen molar-refractivity contribution in [3.05, 3.63) is 27.3 Å². The van der Waals surface area contributed by atoms with E-state index >= 15 is 4.39 Å². The van der Waals surface area contributed by atoms with Crippen LogP contribution in [0.4, 0.5) is 4.39 Å². The predicted molar refractivity (Wildman–Crippen MR) is 91.5 cm³/mol. The lowest BCUT2D eigenvalue weighted by atomic mass is 9.97. The van der Waals surface area contributed by atoms with E-state index in [-0.39, 0.29) is 0 Å². The van der Waals surface area contributed by atoms with Crippen molar-refractivity contribution >= 4 is 23.5 Å². The molecular formula is C10H13FN3O14P3. The Kier molecular flexibility index (Phi) is 7.25. The van der Waals surface area contributed by atoms with Crippen LogP contribution in [0.5, 0.6) is 0 Å². The highest BCUT2D eigenvalue weighted by molar-refractivity contribution is 7.66. The Morgan fingerprint density at radius 3 is 2.39 bits per heavy atom. The Morgan fingerprint density at radius 1 is 1.26 bits per heavy atom. The van der Waals surface area contributed by atoms with Gasteiger partial charge in [-0.2, -0.15) is 13.6 Å². The number of hydrogen-bond acceptors (Lipinski definition) is 11.